The summed E-state index contributed by atoms with van der Waals surface area (Å²) in [6.45, 7) is 2.60. The standard InChI is InChI=1S/C37H32FN5O3S/c1-3-23-11-27(16-30(14-23)46-22-24-7-5-4-6-8-24)26-9-10-34-32(17-26)37(43-42-34)35-18-31-33(20-39-21-36(31)41-35)28-12-25(13-29(38)15-28)19-40-47(2,44)45/h4-18,20-21,40-41H,3,19,22H2,1-2H3,(H,42,43). The van der Waals surface area contributed by atoms with Crippen LogP contribution in [0.5, 0.6) is 5.75 Å². The van der Waals surface area contributed by atoms with E-state index in [1.165, 1.54) is 17.7 Å². The number of hydrogen-bond donors (Lipinski definition) is 3. The first kappa shape index (κ1) is 30.3. The quantitative estimate of drug-likeness (QED) is 0.141. The molecule has 0 aliphatic carbocycles. The van der Waals surface area contributed by atoms with Gasteiger partial charge in [0, 0.05) is 29.1 Å². The van der Waals surface area contributed by atoms with Crippen molar-refractivity contribution >= 4 is 31.8 Å². The van der Waals surface area contributed by atoms with Gasteiger partial charge in [-0.2, -0.15) is 5.10 Å². The van der Waals surface area contributed by atoms with Crippen molar-refractivity contribution in [3.63, 3.8) is 0 Å². The summed E-state index contributed by atoms with van der Waals surface area (Å²) in [5.41, 5.74) is 9.37. The summed E-state index contributed by atoms with van der Waals surface area (Å²) in [5, 5.41) is 9.60. The van der Waals surface area contributed by atoms with E-state index in [0.717, 1.165) is 68.3 Å². The Morgan fingerprint density at radius 2 is 1.64 bits per heavy atom. The van der Waals surface area contributed by atoms with E-state index in [-0.39, 0.29) is 6.54 Å². The number of aromatic amines is 2. The number of pyridine rings is 1. The van der Waals surface area contributed by atoms with E-state index in [1.54, 1.807) is 18.5 Å². The van der Waals surface area contributed by atoms with Crippen molar-refractivity contribution in [2.45, 2.75) is 26.5 Å². The monoisotopic (exact) mass is 645 g/mol. The Morgan fingerprint density at radius 1 is 0.809 bits per heavy atom. The molecule has 8 nitrogen and oxygen atoms in total. The van der Waals surface area contributed by atoms with Crippen LogP contribution in [0.3, 0.4) is 0 Å². The Labute approximate surface area is 271 Å². The fourth-order valence-electron chi connectivity index (χ4n) is 5.79. The molecule has 0 radical (unpaired) electrons. The minimum absolute atomic E-state index is 0.0191. The van der Waals surface area contributed by atoms with Gasteiger partial charge < -0.3 is 9.72 Å². The molecular formula is C37H32FN5O3S. The van der Waals surface area contributed by atoms with Gasteiger partial charge in [0.1, 0.15) is 23.9 Å². The molecule has 10 heteroatoms. The molecule has 0 fully saturated rings. The molecule has 0 amide bonds. The lowest BCUT2D eigenvalue weighted by molar-refractivity contribution is 0.306. The Balaban J connectivity index is 1.24. The number of nitrogens with zero attached hydrogens (tertiary/aromatic N) is 2. The number of nitrogens with one attached hydrogen (secondary N) is 3. The van der Waals surface area contributed by atoms with Crippen LogP contribution >= 0.6 is 0 Å². The van der Waals surface area contributed by atoms with Gasteiger partial charge in [-0.05, 0) is 88.3 Å². The lowest BCUT2D eigenvalue weighted by Gasteiger charge is -2.11. The number of ether oxygens (including phenoxy) is 1. The molecule has 7 rings (SSSR count). The van der Waals surface area contributed by atoms with E-state index >= 15 is 0 Å². The molecule has 0 aliphatic heterocycles. The maximum Gasteiger partial charge on any atom is 0.209 e. The number of benzene rings is 4. The van der Waals surface area contributed by atoms with Crippen molar-refractivity contribution in [3.05, 3.63) is 126 Å². The van der Waals surface area contributed by atoms with Gasteiger partial charge in [0.2, 0.25) is 10.0 Å². The van der Waals surface area contributed by atoms with Gasteiger partial charge >= 0.3 is 0 Å². The summed E-state index contributed by atoms with van der Waals surface area (Å²) < 4.78 is 46.5. The number of aromatic nitrogens is 4. The zero-order valence-corrected chi connectivity index (χ0v) is 26.7. The minimum atomic E-state index is -3.43. The second kappa shape index (κ2) is 12.5. The molecule has 47 heavy (non-hydrogen) atoms. The maximum absolute atomic E-state index is 14.7. The van der Waals surface area contributed by atoms with Crippen molar-refractivity contribution in [2.75, 3.05) is 6.26 Å². The zero-order valence-electron chi connectivity index (χ0n) is 25.8. The molecule has 3 N–H and O–H groups in total. The number of halogens is 1. The van der Waals surface area contributed by atoms with E-state index in [4.69, 9.17) is 4.74 Å². The van der Waals surface area contributed by atoms with Gasteiger partial charge in [-0.3, -0.25) is 10.1 Å². The largest absolute Gasteiger partial charge is 0.489 e. The molecule has 7 aromatic rings. The number of hydrogen-bond acceptors (Lipinski definition) is 5. The molecule has 0 unspecified atom stereocenters. The number of aryl methyl sites for hydroxylation is 1. The summed E-state index contributed by atoms with van der Waals surface area (Å²) in [6.07, 6.45) is 5.35. The summed E-state index contributed by atoms with van der Waals surface area (Å²) in [5.74, 6) is 0.353. The number of rotatable bonds is 10. The highest BCUT2D eigenvalue weighted by molar-refractivity contribution is 7.88. The Hall–Kier alpha value is -5.32. The fraction of sp³-hybridized carbons (Fsp3) is 0.135. The highest BCUT2D eigenvalue weighted by Gasteiger charge is 2.16. The molecule has 3 aromatic heterocycles. The highest BCUT2D eigenvalue weighted by atomic mass is 32.2. The topological polar surface area (TPSA) is 113 Å². The lowest BCUT2D eigenvalue weighted by atomic mass is 9.99. The van der Waals surface area contributed by atoms with E-state index in [1.807, 2.05) is 30.3 Å². The first-order chi connectivity index (χ1) is 22.7. The Kier molecular flexibility index (Phi) is 8.05. The first-order valence-electron chi connectivity index (χ1n) is 15.2. The van der Waals surface area contributed by atoms with Crippen LogP contribution in [0.4, 0.5) is 4.39 Å². The molecule has 0 atom stereocenters. The van der Waals surface area contributed by atoms with Gasteiger partial charge in [-0.15, -0.1) is 0 Å². The summed E-state index contributed by atoms with van der Waals surface area (Å²) in [6, 6.07) is 29.2. The summed E-state index contributed by atoms with van der Waals surface area (Å²) >= 11 is 0. The van der Waals surface area contributed by atoms with Crippen LogP contribution in [-0.4, -0.2) is 34.8 Å². The second-order valence-electron chi connectivity index (χ2n) is 11.6. The van der Waals surface area contributed by atoms with Crippen molar-refractivity contribution in [2.24, 2.45) is 0 Å². The molecule has 0 spiro atoms. The highest BCUT2D eigenvalue weighted by Crippen LogP contribution is 2.36. The Bertz CT molecular complexity index is 2350. The van der Waals surface area contributed by atoms with Crippen LogP contribution in [0.1, 0.15) is 23.6 Å². The fourth-order valence-corrected chi connectivity index (χ4v) is 6.21. The predicted molar refractivity (Wildman–Crippen MR) is 184 cm³/mol. The van der Waals surface area contributed by atoms with Crippen LogP contribution in [0.15, 0.2) is 103 Å². The average Bonchev–Trinajstić information content (AvgIpc) is 3.70. The lowest BCUT2D eigenvalue weighted by Crippen LogP contribution is -2.21. The minimum Gasteiger partial charge on any atom is -0.489 e. The molecule has 0 saturated carbocycles. The summed E-state index contributed by atoms with van der Waals surface area (Å²) in [7, 11) is -3.43. The van der Waals surface area contributed by atoms with Crippen molar-refractivity contribution in [3.8, 4) is 39.4 Å². The van der Waals surface area contributed by atoms with Gasteiger partial charge in [0.05, 0.1) is 29.2 Å². The second-order valence-corrected chi connectivity index (χ2v) is 13.4. The molecule has 0 saturated heterocycles. The van der Waals surface area contributed by atoms with Gasteiger partial charge in [-0.1, -0.05) is 49.4 Å². The summed E-state index contributed by atoms with van der Waals surface area (Å²) in [4.78, 5) is 7.84. The van der Waals surface area contributed by atoms with Crippen LogP contribution in [-0.2, 0) is 29.6 Å². The molecule has 3 heterocycles. The number of fused-ring (bicyclic) bond motifs is 2. The molecule has 4 aromatic carbocycles. The van der Waals surface area contributed by atoms with E-state index in [2.05, 4.69) is 74.3 Å². The number of H-pyrrole nitrogens is 2. The van der Waals surface area contributed by atoms with E-state index in [0.29, 0.717) is 23.3 Å². The number of sulfonamides is 1. The third-order valence-corrected chi connectivity index (χ3v) is 8.80. The first-order valence-corrected chi connectivity index (χ1v) is 17.1. The van der Waals surface area contributed by atoms with Crippen molar-refractivity contribution in [1.29, 1.82) is 0 Å². The average molecular weight is 646 g/mol. The molecule has 0 bridgehead atoms. The molecule has 0 aliphatic rings. The normalized spacial score (nSPS) is 11.8. The van der Waals surface area contributed by atoms with Crippen LogP contribution in [0, 0.1) is 5.82 Å². The van der Waals surface area contributed by atoms with Crippen molar-refractivity contribution in [1.82, 2.24) is 24.9 Å². The van der Waals surface area contributed by atoms with Crippen LogP contribution in [0.25, 0.3) is 55.4 Å². The SMILES string of the molecule is CCc1cc(OCc2ccccc2)cc(-c2ccc3[nH]nc(-c4cc5c(-c6cc(F)cc(CNS(C)(=O)=O)c6)cncc5[nH]4)c3c2)c1. The van der Waals surface area contributed by atoms with Crippen molar-refractivity contribution < 1.29 is 17.5 Å². The third kappa shape index (κ3) is 6.65. The van der Waals surface area contributed by atoms with Gasteiger partial charge in [-0.25, -0.2) is 17.5 Å². The third-order valence-electron chi connectivity index (χ3n) is 8.13. The van der Waals surface area contributed by atoms with E-state index in [9.17, 15) is 12.8 Å². The maximum atomic E-state index is 14.7. The smallest absolute Gasteiger partial charge is 0.209 e. The van der Waals surface area contributed by atoms with Gasteiger partial charge in [0.25, 0.3) is 0 Å². The van der Waals surface area contributed by atoms with Crippen LogP contribution in [0.2, 0.25) is 0 Å². The zero-order chi connectivity index (χ0) is 32.5. The molecular weight excluding hydrogens is 614 g/mol. The predicted octanol–water partition coefficient (Wildman–Crippen LogP) is 7.77. The Morgan fingerprint density at radius 3 is 2.45 bits per heavy atom. The van der Waals surface area contributed by atoms with Gasteiger partial charge in [0.15, 0.2) is 0 Å². The van der Waals surface area contributed by atoms with Crippen LogP contribution < -0.4 is 9.46 Å². The van der Waals surface area contributed by atoms with E-state index < -0.39 is 15.8 Å². The molecule has 236 valence electrons.